The zero-order valence-electron chi connectivity index (χ0n) is 32.1. The van der Waals surface area contributed by atoms with Gasteiger partial charge >= 0.3 is 29.8 Å². The van der Waals surface area contributed by atoms with Gasteiger partial charge in [0.1, 0.15) is 6.10 Å². The minimum absolute atomic E-state index is 0.103. The first-order valence-corrected chi connectivity index (χ1v) is 19.1. The minimum Gasteiger partial charge on any atom is -0.453 e. The number of hydrogen-bond donors (Lipinski definition) is 1. The highest BCUT2D eigenvalue weighted by Crippen LogP contribution is 2.34. The Morgan fingerprint density at radius 1 is 0.450 bits per heavy atom. The molecule has 0 amide bonds. The summed E-state index contributed by atoms with van der Waals surface area (Å²) in [6.45, 7) is 1.08. The number of hydrogen-bond acceptors (Lipinski definition) is 14. The van der Waals surface area contributed by atoms with Gasteiger partial charge in [-0.1, -0.05) is 91.0 Å². The zero-order chi connectivity index (χ0) is 42.0. The van der Waals surface area contributed by atoms with Crippen LogP contribution in [0, 0.1) is 0 Å². The number of rotatable bonds is 12. The number of ether oxygens (including phenoxy) is 8. The Labute approximate surface area is 344 Å². The normalized spacial score (nSPS) is 24.9. The number of esters is 5. The van der Waals surface area contributed by atoms with Crippen molar-refractivity contribution in [3.63, 3.8) is 0 Å². The summed E-state index contributed by atoms with van der Waals surface area (Å²) >= 11 is 0. The molecular weight excluding hydrogens is 776 g/mol. The molecule has 14 nitrogen and oxygen atoms in total. The molecule has 2 saturated heterocycles. The third-order valence-electron chi connectivity index (χ3n) is 9.70. The fraction of sp³-hybridized carbons (Fsp3) is 0.239. The van der Waals surface area contributed by atoms with Gasteiger partial charge in [-0.3, -0.25) is 0 Å². The lowest BCUT2D eigenvalue weighted by Crippen LogP contribution is -2.64. The molecule has 60 heavy (non-hydrogen) atoms. The van der Waals surface area contributed by atoms with E-state index >= 15 is 0 Å². The predicted molar refractivity (Wildman–Crippen MR) is 209 cm³/mol. The van der Waals surface area contributed by atoms with Gasteiger partial charge in [0.05, 0.1) is 40.5 Å². The summed E-state index contributed by atoms with van der Waals surface area (Å²) in [5, 5.41) is 11.2. The van der Waals surface area contributed by atoms with Gasteiger partial charge in [0.2, 0.25) is 0 Å². The molecule has 0 aliphatic carbocycles. The van der Waals surface area contributed by atoms with Crippen LogP contribution in [-0.4, -0.2) is 96.9 Å². The van der Waals surface area contributed by atoms with Crippen molar-refractivity contribution >= 4 is 29.8 Å². The summed E-state index contributed by atoms with van der Waals surface area (Å²) in [6.07, 6.45) is -14.0. The van der Waals surface area contributed by atoms with Crippen molar-refractivity contribution in [1.82, 2.24) is 0 Å². The lowest BCUT2D eigenvalue weighted by atomic mass is 9.97. The van der Waals surface area contributed by atoms with E-state index in [4.69, 9.17) is 37.9 Å². The summed E-state index contributed by atoms with van der Waals surface area (Å²) in [4.78, 5) is 68.2. The molecule has 7 rings (SSSR count). The Hall–Kier alpha value is -6.71. The number of carbonyl (C=O) groups excluding carboxylic acids is 5. The average Bonchev–Trinajstić information content (AvgIpc) is 3.29. The third kappa shape index (κ3) is 9.93. The highest BCUT2D eigenvalue weighted by Gasteiger charge is 2.55. The first kappa shape index (κ1) is 41.4. The van der Waals surface area contributed by atoms with Crippen molar-refractivity contribution in [2.75, 3.05) is 6.61 Å². The van der Waals surface area contributed by atoms with E-state index in [0.717, 1.165) is 0 Å². The molecule has 0 bridgehead atoms. The van der Waals surface area contributed by atoms with E-state index in [1.807, 2.05) is 0 Å². The average molecular weight is 817 g/mol. The van der Waals surface area contributed by atoms with Crippen LogP contribution in [0.25, 0.3) is 0 Å². The van der Waals surface area contributed by atoms with Gasteiger partial charge in [0.25, 0.3) is 0 Å². The summed E-state index contributed by atoms with van der Waals surface area (Å²) < 4.78 is 48.3. The molecule has 2 heterocycles. The maximum atomic E-state index is 13.9. The van der Waals surface area contributed by atoms with Crippen molar-refractivity contribution in [2.24, 2.45) is 0 Å². The lowest BCUT2D eigenvalue weighted by molar-refractivity contribution is -0.338. The molecule has 9 atom stereocenters. The van der Waals surface area contributed by atoms with Crippen molar-refractivity contribution in [2.45, 2.75) is 62.2 Å². The van der Waals surface area contributed by atoms with E-state index in [-0.39, 0.29) is 27.8 Å². The van der Waals surface area contributed by atoms with Crippen LogP contribution in [-0.2, 0) is 37.9 Å². The molecule has 0 unspecified atom stereocenters. The van der Waals surface area contributed by atoms with Crippen LogP contribution in [0.3, 0.4) is 0 Å². The van der Waals surface area contributed by atoms with Gasteiger partial charge in [-0.25, -0.2) is 24.0 Å². The molecule has 0 radical (unpaired) electrons. The SMILES string of the molecule is C[C@@H]1O[C@@H](O[C@@H]2[C@@H](OC(=O)c3ccccc3)[C@H](O)OC[C@@H]2OC(=O)c2ccccc2)[C@H](OC(=O)c2ccccc2)[C@H](OC(=O)c2ccccc2)[C@H]1OC(=O)c1ccccc1. The molecule has 308 valence electrons. The van der Waals surface area contributed by atoms with Crippen LogP contribution in [0.2, 0.25) is 0 Å². The van der Waals surface area contributed by atoms with Gasteiger partial charge in [-0.15, -0.1) is 0 Å². The molecular formula is C46H40O14. The van der Waals surface area contributed by atoms with E-state index in [1.54, 1.807) is 91.0 Å². The molecule has 2 aliphatic heterocycles. The molecule has 0 saturated carbocycles. The fourth-order valence-electron chi connectivity index (χ4n) is 6.65. The molecule has 0 spiro atoms. The van der Waals surface area contributed by atoms with Crippen molar-refractivity contribution < 1.29 is 67.0 Å². The molecule has 2 fully saturated rings. The van der Waals surface area contributed by atoms with E-state index in [1.165, 1.54) is 67.6 Å². The van der Waals surface area contributed by atoms with Gasteiger partial charge in [0, 0.05) is 0 Å². The quantitative estimate of drug-likeness (QED) is 0.122. The first-order valence-electron chi connectivity index (χ1n) is 19.1. The first-order chi connectivity index (χ1) is 29.2. The Morgan fingerprint density at radius 2 is 0.783 bits per heavy atom. The Kier molecular flexibility index (Phi) is 13.4. The summed E-state index contributed by atoms with van der Waals surface area (Å²) in [5.74, 6) is -4.22. The summed E-state index contributed by atoms with van der Waals surface area (Å²) in [5.41, 5.74) is 0.708. The van der Waals surface area contributed by atoms with Gasteiger partial charge in [-0.2, -0.15) is 0 Å². The maximum absolute atomic E-state index is 13.9. The van der Waals surface area contributed by atoms with Gasteiger partial charge in [-0.05, 0) is 67.6 Å². The monoisotopic (exact) mass is 816 g/mol. The van der Waals surface area contributed by atoms with E-state index < -0.39 is 91.8 Å². The fourth-order valence-corrected chi connectivity index (χ4v) is 6.65. The Morgan fingerprint density at radius 3 is 1.18 bits per heavy atom. The Bertz CT molecular complexity index is 2220. The van der Waals surface area contributed by atoms with Gasteiger partial charge in [0.15, 0.2) is 43.1 Å². The smallest absolute Gasteiger partial charge is 0.338 e. The zero-order valence-corrected chi connectivity index (χ0v) is 32.1. The molecule has 2 aliphatic rings. The highest BCUT2D eigenvalue weighted by molar-refractivity contribution is 5.92. The van der Waals surface area contributed by atoms with Crippen LogP contribution in [0.15, 0.2) is 152 Å². The predicted octanol–water partition coefficient (Wildman–Crippen LogP) is 5.59. The molecule has 5 aromatic carbocycles. The second-order valence-corrected chi connectivity index (χ2v) is 13.8. The second kappa shape index (κ2) is 19.4. The van der Waals surface area contributed by atoms with Crippen LogP contribution >= 0.6 is 0 Å². The maximum Gasteiger partial charge on any atom is 0.338 e. The summed E-state index contributed by atoms with van der Waals surface area (Å²) in [7, 11) is 0. The van der Waals surface area contributed by atoms with E-state index in [2.05, 4.69) is 0 Å². The van der Waals surface area contributed by atoms with Crippen LogP contribution < -0.4 is 0 Å². The number of benzene rings is 5. The summed E-state index contributed by atoms with van der Waals surface area (Å²) in [6, 6.07) is 39.9. The standard InChI is InChI=1S/C46H40O14/c1-28-35(56-41(48)30-19-9-3-10-20-30)37(57-42(49)31-21-11-4-12-22-31)39(59-44(51)33-25-15-6-16-26-33)46(54-28)60-36-34(55-40(47)29-17-7-2-8-18-29)27-53-45(52)38(36)58-43(50)32-23-13-5-14-24-32/h2-26,28,34-39,45-46,52H,27H2,1H3/t28-,34-,35-,36-,37+,38+,39+,45+,46-/m0/s1. The molecule has 14 heteroatoms. The van der Waals surface area contributed by atoms with Crippen LogP contribution in [0.1, 0.15) is 58.7 Å². The number of aliphatic hydroxyl groups is 1. The number of aliphatic hydroxyl groups excluding tert-OH is 1. The second-order valence-electron chi connectivity index (χ2n) is 13.8. The molecule has 0 aromatic heterocycles. The Balaban J connectivity index is 1.28. The van der Waals surface area contributed by atoms with Crippen molar-refractivity contribution in [3.8, 4) is 0 Å². The van der Waals surface area contributed by atoms with E-state index in [0.29, 0.717) is 0 Å². The molecule has 1 N–H and O–H groups in total. The van der Waals surface area contributed by atoms with Crippen LogP contribution in [0.4, 0.5) is 0 Å². The number of carbonyl (C=O) groups is 5. The third-order valence-corrected chi connectivity index (χ3v) is 9.70. The van der Waals surface area contributed by atoms with Crippen LogP contribution in [0.5, 0.6) is 0 Å². The van der Waals surface area contributed by atoms with Crippen molar-refractivity contribution in [3.05, 3.63) is 179 Å². The minimum atomic E-state index is -1.81. The topological polar surface area (TPSA) is 179 Å². The van der Waals surface area contributed by atoms with E-state index in [9.17, 15) is 29.1 Å². The molecule has 5 aromatic rings. The van der Waals surface area contributed by atoms with Gasteiger partial charge < -0.3 is 43.0 Å². The lowest BCUT2D eigenvalue weighted by Gasteiger charge is -2.46. The highest BCUT2D eigenvalue weighted by atomic mass is 16.8. The van der Waals surface area contributed by atoms with Crippen molar-refractivity contribution in [1.29, 1.82) is 0 Å². The largest absolute Gasteiger partial charge is 0.453 e.